The Balaban J connectivity index is 2.00. The second-order valence-electron chi connectivity index (χ2n) is 8.08. The van der Waals surface area contributed by atoms with Crippen molar-refractivity contribution in [1.82, 2.24) is 19.8 Å². The van der Waals surface area contributed by atoms with Gasteiger partial charge in [-0.1, -0.05) is 18.8 Å². The Morgan fingerprint density at radius 2 is 2.03 bits per heavy atom. The first-order chi connectivity index (χ1) is 15.3. The third-order valence-electron chi connectivity index (χ3n) is 5.54. The van der Waals surface area contributed by atoms with Crippen LogP contribution < -0.4 is 4.74 Å². The number of carbonyl (C=O) groups excluding carboxylic acids is 2. The molecule has 0 aromatic carbocycles. The van der Waals surface area contributed by atoms with Gasteiger partial charge in [0, 0.05) is 56.2 Å². The van der Waals surface area contributed by atoms with Crippen molar-refractivity contribution in [3.8, 4) is 17.7 Å². The fourth-order valence-electron chi connectivity index (χ4n) is 3.37. The number of amides is 2. The molecule has 3 rings (SSSR count). The molecule has 0 bridgehead atoms. The number of likely N-dealkylation sites (N-methyl/N-ethyl adjacent to an activating group) is 1. The lowest BCUT2D eigenvalue weighted by Gasteiger charge is -2.37. The summed E-state index contributed by atoms with van der Waals surface area (Å²) in [5, 5.41) is 9.73. The number of pyridine rings is 2. The highest BCUT2D eigenvalue weighted by molar-refractivity contribution is 5.97. The molecule has 1 N–H and O–H groups in total. The van der Waals surface area contributed by atoms with Crippen LogP contribution >= 0.6 is 0 Å². The number of aromatic nitrogens is 2. The van der Waals surface area contributed by atoms with Gasteiger partial charge in [0.25, 0.3) is 5.91 Å². The number of rotatable bonds is 4. The maximum absolute atomic E-state index is 13.4. The number of fused-ring (bicyclic) bond motifs is 1. The van der Waals surface area contributed by atoms with Gasteiger partial charge >= 0.3 is 0 Å². The Hall–Kier alpha value is -3.44. The minimum Gasteiger partial charge on any atom is -0.472 e. The summed E-state index contributed by atoms with van der Waals surface area (Å²) in [6.45, 7) is 5.82. The Kier molecular flexibility index (Phi) is 7.44. The predicted molar refractivity (Wildman–Crippen MR) is 119 cm³/mol. The molecule has 0 aliphatic carbocycles. The number of hydrogen-bond acceptors (Lipinski definition) is 6. The Morgan fingerprint density at radius 1 is 1.34 bits per heavy atom. The summed E-state index contributed by atoms with van der Waals surface area (Å²) >= 11 is 0. The molecule has 2 aromatic rings. The maximum Gasteiger partial charge on any atom is 0.259 e. The van der Waals surface area contributed by atoms with Gasteiger partial charge in [0.2, 0.25) is 11.8 Å². The van der Waals surface area contributed by atoms with Crippen molar-refractivity contribution in [1.29, 1.82) is 0 Å². The van der Waals surface area contributed by atoms with Crippen molar-refractivity contribution in [3.05, 3.63) is 53.5 Å². The van der Waals surface area contributed by atoms with E-state index in [1.807, 2.05) is 6.92 Å². The van der Waals surface area contributed by atoms with Crippen LogP contribution in [0.5, 0.6) is 5.88 Å². The van der Waals surface area contributed by atoms with Crippen LogP contribution in [0.15, 0.2) is 36.8 Å². The van der Waals surface area contributed by atoms with Gasteiger partial charge in [0.05, 0.1) is 19.2 Å². The molecule has 0 radical (unpaired) electrons. The van der Waals surface area contributed by atoms with Crippen molar-refractivity contribution in [2.24, 2.45) is 5.92 Å². The molecule has 0 saturated heterocycles. The molecule has 8 nitrogen and oxygen atoms in total. The fourth-order valence-corrected chi connectivity index (χ4v) is 3.37. The molecular weight excluding hydrogens is 408 g/mol. The highest BCUT2D eigenvalue weighted by Gasteiger charge is 2.34. The minimum atomic E-state index is -0.381. The highest BCUT2D eigenvalue weighted by atomic mass is 16.5. The summed E-state index contributed by atoms with van der Waals surface area (Å²) in [7, 11) is 1.71. The first kappa shape index (κ1) is 23.2. The van der Waals surface area contributed by atoms with Crippen LogP contribution in [0, 0.1) is 17.8 Å². The molecule has 0 unspecified atom stereocenters. The van der Waals surface area contributed by atoms with Crippen molar-refractivity contribution < 1.29 is 19.4 Å². The zero-order chi connectivity index (χ0) is 23.3. The second kappa shape index (κ2) is 10.2. The van der Waals surface area contributed by atoms with Crippen LogP contribution in [0.2, 0.25) is 0 Å². The van der Waals surface area contributed by atoms with Crippen LogP contribution in [0.4, 0.5) is 0 Å². The summed E-state index contributed by atoms with van der Waals surface area (Å²) in [5.41, 5.74) is 1.65. The topological polar surface area (TPSA) is 95.9 Å². The number of carbonyl (C=O) groups is 2. The molecule has 168 valence electrons. The standard InChI is InChI=1S/C24H28N4O4/c1-16-13-28(17(2)15-29)24(31)21-11-20(6-5-19-7-9-25-10-8-19)12-26-23(21)32-22(16)14-27(4)18(3)30/h7-12,16-17,22,29H,13-15H2,1-4H3/t16-,17-,22+/m1/s1. The molecule has 1 aliphatic heterocycles. The first-order valence-electron chi connectivity index (χ1n) is 10.5. The van der Waals surface area contributed by atoms with Gasteiger partial charge in [-0.3, -0.25) is 14.6 Å². The SMILES string of the molecule is CC(=O)N(C)C[C@@H]1Oc2ncc(C#Cc3ccncc3)cc2C(=O)N([C@H](C)CO)C[C@H]1C. The van der Waals surface area contributed by atoms with Gasteiger partial charge in [-0.25, -0.2) is 4.98 Å². The number of aliphatic hydroxyl groups is 1. The van der Waals surface area contributed by atoms with Gasteiger partial charge in [-0.2, -0.15) is 0 Å². The zero-order valence-electron chi connectivity index (χ0n) is 18.8. The largest absolute Gasteiger partial charge is 0.472 e. The summed E-state index contributed by atoms with van der Waals surface area (Å²) in [6.07, 6.45) is 4.52. The molecule has 3 atom stereocenters. The lowest BCUT2D eigenvalue weighted by Crippen LogP contribution is -2.50. The summed E-state index contributed by atoms with van der Waals surface area (Å²) < 4.78 is 6.15. The van der Waals surface area contributed by atoms with E-state index >= 15 is 0 Å². The average molecular weight is 437 g/mol. The van der Waals surface area contributed by atoms with E-state index in [1.54, 1.807) is 60.6 Å². The van der Waals surface area contributed by atoms with Crippen LogP contribution in [0.25, 0.3) is 0 Å². The van der Waals surface area contributed by atoms with Gasteiger partial charge in [-0.15, -0.1) is 0 Å². The number of ether oxygens (including phenoxy) is 1. The average Bonchev–Trinajstić information content (AvgIpc) is 2.80. The summed E-state index contributed by atoms with van der Waals surface area (Å²) in [6, 6.07) is 4.88. The van der Waals surface area contributed by atoms with Gasteiger partial charge in [-0.05, 0) is 25.1 Å². The fraction of sp³-hybridized carbons (Fsp3) is 0.417. The van der Waals surface area contributed by atoms with E-state index in [4.69, 9.17) is 4.74 Å². The lowest BCUT2D eigenvalue weighted by atomic mass is 10.00. The summed E-state index contributed by atoms with van der Waals surface area (Å²) in [4.78, 5) is 36.7. The third kappa shape index (κ3) is 5.42. The molecule has 32 heavy (non-hydrogen) atoms. The molecule has 2 aromatic heterocycles. The Labute approximate surface area is 188 Å². The molecular formula is C24H28N4O4. The van der Waals surface area contributed by atoms with E-state index in [0.717, 1.165) is 5.56 Å². The first-order valence-corrected chi connectivity index (χ1v) is 10.5. The molecule has 3 heterocycles. The molecule has 0 saturated carbocycles. The molecule has 1 aliphatic rings. The molecule has 2 amide bonds. The predicted octanol–water partition coefficient (Wildman–Crippen LogP) is 1.57. The number of aliphatic hydroxyl groups excluding tert-OH is 1. The van der Waals surface area contributed by atoms with E-state index in [1.165, 1.54) is 6.92 Å². The maximum atomic E-state index is 13.4. The lowest BCUT2D eigenvalue weighted by molar-refractivity contribution is -0.129. The van der Waals surface area contributed by atoms with Gasteiger partial charge in [0.15, 0.2) is 0 Å². The quantitative estimate of drug-likeness (QED) is 0.731. The third-order valence-corrected chi connectivity index (χ3v) is 5.54. The monoisotopic (exact) mass is 436 g/mol. The zero-order valence-corrected chi connectivity index (χ0v) is 18.8. The van der Waals surface area contributed by atoms with Crippen molar-refractivity contribution in [3.63, 3.8) is 0 Å². The number of nitrogens with zero attached hydrogens (tertiary/aromatic N) is 4. The normalized spacial score (nSPS) is 18.9. The second-order valence-corrected chi connectivity index (χ2v) is 8.08. The van der Waals surface area contributed by atoms with Crippen molar-refractivity contribution in [2.75, 3.05) is 26.7 Å². The van der Waals surface area contributed by atoms with Crippen LogP contribution in [0.3, 0.4) is 0 Å². The van der Waals surface area contributed by atoms with Crippen LogP contribution in [-0.4, -0.2) is 75.6 Å². The van der Waals surface area contributed by atoms with Crippen molar-refractivity contribution in [2.45, 2.75) is 32.9 Å². The Bertz CT molecular complexity index is 1030. The highest BCUT2D eigenvalue weighted by Crippen LogP contribution is 2.27. The van der Waals surface area contributed by atoms with E-state index in [0.29, 0.717) is 18.7 Å². The van der Waals surface area contributed by atoms with Crippen LogP contribution in [-0.2, 0) is 4.79 Å². The smallest absolute Gasteiger partial charge is 0.259 e. The molecule has 8 heteroatoms. The van der Waals surface area contributed by atoms with Crippen LogP contribution in [0.1, 0.15) is 42.3 Å². The van der Waals surface area contributed by atoms with Crippen molar-refractivity contribution >= 4 is 11.8 Å². The Morgan fingerprint density at radius 3 is 2.69 bits per heavy atom. The van der Waals surface area contributed by atoms with Gasteiger partial charge < -0.3 is 19.6 Å². The van der Waals surface area contributed by atoms with E-state index in [-0.39, 0.29) is 47.9 Å². The van der Waals surface area contributed by atoms with Gasteiger partial charge in [0.1, 0.15) is 11.7 Å². The molecule has 0 spiro atoms. The van der Waals surface area contributed by atoms with E-state index in [9.17, 15) is 14.7 Å². The summed E-state index contributed by atoms with van der Waals surface area (Å²) in [5.74, 6) is 5.82. The minimum absolute atomic E-state index is 0.0746. The molecule has 0 fully saturated rings. The van der Waals surface area contributed by atoms with E-state index < -0.39 is 0 Å². The van der Waals surface area contributed by atoms with E-state index in [2.05, 4.69) is 21.8 Å². The number of hydrogen-bond donors (Lipinski definition) is 1.